The molecule has 1 aromatic heterocycles. The second-order valence-corrected chi connectivity index (χ2v) is 34.9. The zero-order chi connectivity index (χ0) is 99.5. The Kier molecular flexibility index (Phi) is 38.5. The van der Waals surface area contributed by atoms with E-state index in [-0.39, 0.29) is 67.9 Å². The molecule has 18 N–H and O–H groups in total. The predicted molar refractivity (Wildman–Crippen MR) is 483 cm³/mol. The molecule has 16 amide bonds. The number of morpholine rings is 1. The normalized spacial score (nSPS) is 23.3. The number of nitrogens with one attached hydrogen (secondary N) is 10. The van der Waals surface area contributed by atoms with Crippen molar-refractivity contribution >= 4 is 129 Å². The SMILES string of the molecule is CCCC[C@H]1C(=O)N2CCC[C@@H]2C(=O)N[C@@H](CC(=O)O)C(=O)N[C@@H](C(C)C)C(=O)N(C)[C@@H](Cc2ccccc2)C(=O)N[C@@H](CCC(=O)O)C(=O)N2CCOC[C@@H]2C(=O)N[C@@H](Cc2c[nH]c3ccccc23)C(=O)N[C@@H](Cc2ccc(O)cc2)C(=O)N[C@@H](CCC(N)=O)C(=O)N[C@H](C(=O)NCC(N)=O)CSCC(=O)N[C@@H](Cc2cc(F)c(F)c(F)c2)C(=O)N(C)[C@@H](Cc2ccc(O)cc2)C(=O)N1C. The summed E-state index contributed by atoms with van der Waals surface area (Å²) in [5.74, 6) is -28.6. The number of halogens is 3. The molecule has 40 nitrogen and oxygen atoms in total. The highest BCUT2D eigenvalue weighted by Gasteiger charge is 2.47. The zero-order valence-corrected chi connectivity index (χ0v) is 76.5. The van der Waals surface area contributed by atoms with Crippen LogP contribution in [0.3, 0.4) is 0 Å². The Morgan fingerprint density at radius 1 is 0.515 bits per heavy atom. The summed E-state index contributed by atoms with van der Waals surface area (Å²) in [5.41, 5.74) is 12.5. The molecule has 3 aliphatic rings. The minimum Gasteiger partial charge on any atom is -0.508 e. The summed E-state index contributed by atoms with van der Waals surface area (Å²) in [6.07, 6.45) is -4.22. The Labute approximate surface area is 784 Å². The van der Waals surface area contributed by atoms with Gasteiger partial charge in [-0.3, -0.25) is 86.3 Å². The number of carbonyl (C=O) groups excluding carboxylic acids is 16. The van der Waals surface area contributed by atoms with Crippen molar-refractivity contribution in [3.63, 3.8) is 0 Å². The molecule has 0 radical (unpaired) electrons. The van der Waals surface area contributed by atoms with E-state index in [2.05, 4.69) is 52.8 Å². The third-order valence-corrected chi connectivity index (χ3v) is 24.6. The molecule has 4 heterocycles. The van der Waals surface area contributed by atoms with E-state index in [1.807, 2.05) is 0 Å². The number of phenols is 2. The number of carboxylic acids is 2. The number of ether oxygens (including phenoxy) is 1. The highest BCUT2D eigenvalue weighted by molar-refractivity contribution is 8.00. The second kappa shape index (κ2) is 49.7. The molecule has 3 aliphatic heterocycles. The lowest BCUT2D eigenvalue weighted by Crippen LogP contribution is -2.64. The number of carbonyl (C=O) groups is 18. The second-order valence-electron chi connectivity index (χ2n) is 33.9. The smallest absolute Gasteiger partial charge is 0.305 e. The Hall–Kier alpha value is -14.2. The number of unbranched alkanes of at least 4 members (excludes halogenated alkanes) is 1. The fraction of sp³-hybridized carbons (Fsp3) is 0.457. The number of amides is 16. The van der Waals surface area contributed by atoms with Gasteiger partial charge in [0.2, 0.25) is 94.5 Å². The Morgan fingerprint density at radius 2 is 1.05 bits per heavy atom. The van der Waals surface area contributed by atoms with Crippen molar-refractivity contribution in [2.24, 2.45) is 17.4 Å². The maximum absolute atomic E-state index is 15.7. The molecule has 0 unspecified atom stereocenters. The molecule has 3 fully saturated rings. The van der Waals surface area contributed by atoms with Crippen molar-refractivity contribution < 1.29 is 125 Å². The van der Waals surface area contributed by atoms with Crippen LogP contribution in [0, 0.1) is 23.4 Å². The number of benzene rings is 5. The number of fused-ring (bicyclic) bond motifs is 3. The van der Waals surface area contributed by atoms with Crippen LogP contribution in [0.15, 0.2) is 121 Å². The lowest BCUT2D eigenvalue weighted by molar-refractivity contribution is -0.152. The monoisotopic (exact) mass is 1910 g/mol. The average Bonchev–Trinajstić information content (AvgIpc) is 1.47. The first-order valence-electron chi connectivity index (χ1n) is 44.2. The number of aromatic amines is 1. The fourth-order valence-electron chi connectivity index (χ4n) is 16.1. The van der Waals surface area contributed by atoms with Crippen LogP contribution in [-0.2, 0) is 123 Å². The van der Waals surface area contributed by atoms with Gasteiger partial charge in [0.25, 0.3) is 0 Å². The quantitative estimate of drug-likeness (QED) is 0.0332. The van der Waals surface area contributed by atoms with E-state index >= 15 is 51.9 Å². The number of nitrogens with two attached hydrogens (primary N) is 2. The number of likely N-dealkylation sites (N-methyl/N-ethyl adjacent to an activating group) is 3. The van der Waals surface area contributed by atoms with Gasteiger partial charge in [-0.15, -0.1) is 11.8 Å². The number of rotatable bonds is 25. The van der Waals surface area contributed by atoms with Gasteiger partial charge >= 0.3 is 11.9 Å². The fourth-order valence-corrected chi connectivity index (χ4v) is 17.0. The number of aliphatic carboxylic acids is 2. The van der Waals surface area contributed by atoms with Gasteiger partial charge in [-0.05, 0) is 108 Å². The molecule has 13 atom stereocenters. The van der Waals surface area contributed by atoms with Gasteiger partial charge in [-0.25, -0.2) is 13.2 Å². The number of thioether (sulfide) groups is 1. The number of carboxylic acid groups (broad SMARTS) is 2. The molecule has 0 aliphatic carbocycles. The predicted octanol–water partition coefficient (Wildman–Crippen LogP) is -0.113. The van der Waals surface area contributed by atoms with Gasteiger partial charge in [0, 0.05) is 102 Å². The highest BCUT2D eigenvalue weighted by atomic mass is 32.2. The molecule has 136 heavy (non-hydrogen) atoms. The summed E-state index contributed by atoms with van der Waals surface area (Å²) in [7, 11) is 3.54. The minimum absolute atomic E-state index is 0.0944. The molecule has 0 bridgehead atoms. The van der Waals surface area contributed by atoms with Gasteiger partial charge in [0.05, 0.1) is 31.9 Å². The number of nitrogens with zero attached hydrogens (tertiary/aromatic N) is 5. The summed E-state index contributed by atoms with van der Waals surface area (Å²) in [4.78, 5) is 271. The number of aromatic hydroxyl groups is 2. The minimum atomic E-state index is -2.00. The van der Waals surface area contributed by atoms with Crippen LogP contribution < -0.4 is 59.3 Å². The van der Waals surface area contributed by atoms with E-state index in [0.717, 1.165) is 31.5 Å². The summed E-state index contributed by atoms with van der Waals surface area (Å²) in [6.45, 7) is 2.51. The Morgan fingerprint density at radius 3 is 1.68 bits per heavy atom. The summed E-state index contributed by atoms with van der Waals surface area (Å²) in [6, 6.07) is 3.69. The van der Waals surface area contributed by atoms with E-state index in [9.17, 15) is 68.0 Å². The van der Waals surface area contributed by atoms with Crippen molar-refractivity contribution in [2.75, 3.05) is 65.5 Å². The van der Waals surface area contributed by atoms with Crippen LogP contribution in [0.5, 0.6) is 11.5 Å². The van der Waals surface area contributed by atoms with Gasteiger partial charge in [-0.2, -0.15) is 0 Å². The van der Waals surface area contributed by atoms with Gasteiger partial charge in [0.15, 0.2) is 17.5 Å². The molecule has 0 spiro atoms. The number of para-hydroxylation sites is 1. The number of primary amides is 2. The molecule has 3 saturated heterocycles. The first-order chi connectivity index (χ1) is 64.6. The molecule has 732 valence electrons. The number of H-pyrrole nitrogens is 1. The molecular formula is C92H114F3N17O23S. The van der Waals surface area contributed by atoms with Gasteiger partial charge in [-0.1, -0.05) is 106 Å². The van der Waals surface area contributed by atoms with Crippen LogP contribution in [-0.4, -0.2) is 300 Å². The van der Waals surface area contributed by atoms with Crippen LogP contribution in [0.1, 0.15) is 113 Å². The number of phenolic OH excluding ortho intramolecular Hbond substituents is 2. The van der Waals surface area contributed by atoms with E-state index in [4.69, 9.17) is 16.2 Å². The van der Waals surface area contributed by atoms with Gasteiger partial charge in [0.1, 0.15) is 90.0 Å². The standard InChI is InChI=1S/C92H114F3N17O23S/c1-7-8-19-69-91(133)111-33-14-20-68(111)85(127)105-65(43-77(120)121)84(126)107-79(49(2)3)92(134)109(5)70(40-50-15-10-9-11-16-50)86(128)102-62(30-32-76(118)119)89(131)112-34-35-135-46-72(112)87(129)104-64(42-54-44-98-60-18-13-12-17-57(54)60)83(125)103-63(38-51-21-25-55(113)26-22-51)82(124)101-61(29-31-73(96)115)81(123)106-67(80(122)99-45-74(97)116)47-136-48-75(117)100-66(39-53-36-58(93)78(95)59(94)37-53)88(130)110(6)71(90(132)108(69)4)41-52-23-27-56(114)28-24-52/h9-13,15-18,21-28,36-37,44,49,61-72,79,98,113-114H,7-8,14,19-20,29-35,38-43,45-48H2,1-6H3,(H2,96,115)(H2,97,116)(H,99,122)(H,100,117)(H,101,124)(H,102,128)(H,103,125)(H,104,129)(H,105,127)(H,106,123)(H,107,126)(H,118,119)(H,120,121)/t61-,62-,63-,64-,65-,66-,67-,68+,69-,70-,71-,72+,79-/m0/s1. The Bertz CT molecular complexity index is 5350. The van der Waals surface area contributed by atoms with Crippen LogP contribution in [0.4, 0.5) is 13.2 Å². The number of hydrogen-bond acceptors (Lipinski definition) is 22. The summed E-state index contributed by atoms with van der Waals surface area (Å²) >= 11 is 0.572. The van der Waals surface area contributed by atoms with Crippen LogP contribution >= 0.6 is 11.8 Å². The van der Waals surface area contributed by atoms with Crippen molar-refractivity contribution in [1.29, 1.82) is 0 Å². The van der Waals surface area contributed by atoms with Gasteiger partial charge < -0.3 is 114 Å². The summed E-state index contributed by atoms with van der Waals surface area (Å²) in [5, 5.41) is 64.5. The lowest BCUT2D eigenvalue weighted by atomic mass is 9.98. The molecular weight excluding hydrogens is 1800 g/mol. The largest absolute Gasteiger partial charge is 0.508 e. The van der Waals surface area contributed by atoms with Crippen molar-refractivity contribution in [1.82, 2.24) is 77.3 Å². The topological polar surface area (TPSA) is 590 Å². The number of hydrogen-bond donors (Lipinski definition) is 16. The Balaban J connectivity index is 1.15. The van der Waals surface area contributed by atoms with Crippen LogP contribution in [0.2, 0.25) is 0 Å². The molecule has 6 aromatic rings. The molecule has 44 heteroatoms. The maximum atomic E-state index is 15.7. The summed E-state index contributed by atoms with van der Waals surface area (Å²) < 4.78 is 50.9. The maximum Gasteiger partial charge on any atom is 0.305 e. The molecule has 0 saturated carbocycles. The van der Waals surface area contributed by atoms with E-state index in [0.29, 0.717) is 52.3 Å². The zero-order valence-electron chi connectivity index (χ0n) is 75.7. The lowest BCUT2D eigenvalue weighted by Gasteiger charge is -2.38. The highest BCUT2D eigenvalue weighted by Crippen LogP contribution is 2.28. The van der Waals surface area contributed by atoms with Crippen molar-refractivity contribution in [3.05, 3.63) is 167 Å². The van der Waals surface area contributed by atoms with Crippen molar-refractivity contribution in [2.45, 2.75) is 196 Å². The van der Waals surface area contributed by atoms with E-state index in [1.54, 1.807) is 61.5 Å². The third kappa shape index (κ3) is 29.4. The number of aromatic nitrogens is 1. The van der Waals surface area contributed by atoms with Crippen LogP contribution in [0.25, 0.3) is 10.9 Å². The molecule has 5 aromatic carbocycles. The van der Waals surface area contributed by atoms with Crippen molar-refractivity contribution in [3.8, 4) is 11.5 Å². The van der Waals surface area contributed by atoms with E-state index < -0.39 is 303 Å². The van der Waals surface area contributed by atoms with E-state index in [1.165, 1.54) is 82.7 Å². The third-order valence-electron chi connectivity index (χ3n) is 23.6. The first kappa shape index (κ1) is 105. The first-order valence-corrected chi connectivity index (χ1v) is 45.3. The average molecular weight is 1920 g/mol. The molecule has 9 rings (SSSR count).